The van der Waals surface area contributed by atoms with Crippen molar-refractivity contribution in [3.63, 3.8) is 0 Å². The molecular weight excluding hydrogens is 194 g/mol. The van der Waals surface area contributed by atoms with Crippen molar-refractivity contribution in [1.29, 1.82) is 0 Å². The van der Waals surface area contributed by atoms with Crippen molar-refractivity contribution in [3.05, 3.63) is 48.2 Å². The lowest BCUT2D eigenvalue weighted by Crippen LogP contribution is -2.59. The average Bonchev–Trinajstić information content (AvgIpc) is 2.28. The molecule has 1 saturated carbocycles. The summed E-state index contributed by atoms with van der Waals surface area (Å²) in [6.45, 7) is 5.38. The van der Waals surface area contributed by atoms with E-state index in [1.54, 1.807) is 0 Å². The first-order valence-corrected chi connectivity index (χ1v) is 6.35. The van der Waals surface area contributed by atoms with Crippen LogP contribution in [0.15, 0.2) is 42.6 Å². The topological polar surface area (TPSA) is 3.24 Å². The summed E-state index contributed by atoms with van der Waals surface area (Å²) in [7, 11) is 0. The van der Waals surface area contributed by atoms with Crippen LogP contribution in [-0.4, -0.2) is 17.5 Å². The van der Waals surface area contributed by atoms with Crippen LogP contribution in [0.2, 0.25) is 0 Å². The number of nitrogens with zero attached hydrogens (tertiary/aromatic N) is 1. The molecule has 0 N–H and O–H groups in total. The highest BCUT2D eigenvalue weighted by molar-refractivity contribution is 5.22. The van der Waals surface area contributed by atoms with Crippen molar-refractivity contribution in [2.24, 2.45) is 5.92 Å². The zero-order chi connectivity index (χ0) is 11.0. The maximum Gasteiger partial charge on any atom is 0.0369 e. The highest BCUT2D eigenvalue weighted by atomic mass is 15.3. The number of aryl methyl sites for hydroxylation is 1. The number of hydrogen-bond acceptors (Lipinski definition) is 1. The van der Waals surface area contributed by atoms with Crippen molar-refractivity contribution in [2.75, 3.05) is 6.54 Å². The fourth-order valence-electron chi connectivity index (χ4n) is 3.00. The second-order valence-corrected chi connectivity index (χ2v) is 5.03. The van der Waals surface area contributed by atoms with E-state index in [2.05, 4.69) is 41.8 Å². The number of piperidine rings is 1. The Morgan fingerprint density at radius 1 is 1.19 bits per heavy atom. The number of benzene rings is 1. The fraction of sp³-hybridized carbons (Fsp3) is 0.467. The summed E-state index contributed by atoms with van der Waals surface area (Å²) in [5.41, 5.74) is 2.86. The molecule has 0 radical (unpaired) electrons. The van der Waals surface area contributed by atoms with Gasteiger partial charge in [0.05, 0.1) is 0 Å². The molecule has 1 aromatic rings. The van der Waals surface area contributed by atoms with Gasteiger partial charge < -0.3 is 4.90 Å². The summed E-state index contributed by atoms with van der Waals surface area (Å²) in [6, 6.07) is 11.6. The maximum absolute atomic E-state index is 4.18. The molecule has 0 spiro atoms. The Morgan fingerprint density at radius 2 is 2.00 bits per heavy atom. The number of rotatable bonds is 4. The van der Waals surface area contributed by atoms with Gasteiger partial charge in [-0.2, -0.15) is 0 Å². The largest absolute Gasteiger partial charge is 0.371 e. The number of hydrogen-bond donors (Lipinski definition) is 0. The van der Waals surface area contributed by atoms with Crippen molar-refractivity contribution in [2.45, 2.75) is 31.7 Å². The third kappa shape index (κ3) is 1.55. The lowest BCUT2D eigenvalue weighted by atomic mass is 9.69. The molecule has 1 aliphatic carbocycles. The van der Waals surface area contributed by atoms with Crippen LogP contribution in [0.25, 0.3) is 0 Å². The zero-order valence-electron chi connectivity index (χ0n) is 9.73. The molecule has 2 aliphatic rings. The van der Waals surface area contributed by atoms with E-state index < -0.39 is 0 Å². The standard InChI is InChI=1S/C15H19N/c1-12-14-9-10-15(14)16(12)11-5-8-13-6-3-2-4-7-13/h2-4,6-7,14-15H,1,5,8-11H2. The number of fused-ring (bicyclic) bond motifs is 1. The van der Waals surface area contributed by atoms with E-state index in [9.17, 15) is 0 Å². The molecule has 1 saturated heterocycles. The van der Waals surface area contributed by atoms with Gasteiger partial charge in [-0.1, -0.05) is 36.9 Å². The second-order valence-electron chi connectivity index (χ2n) is 5.03. The van der Waals surface area contributed by atoms with Gasteiger partial charge in [0.15, 0.2) is 0 Å². The molecule has 1 nitrogen and oxygen atoms in total. The molecule has 0 bridgehead atoms. The number of likely N-dealkylation sites (tertiary alicyclic amines) is 1. The Balaban J connectivity index is 1.46. The molecule has 2 unspecified atom stereocenters. The maximum atomic E-state index is 4.18. The molecule has 2 fully saturated rings. The van der Waals surface area contributed by atoms with Crippen LogP contribution in [0.4, 0.5) is 0 Å². The molecule has 1 aliphatic heterocycles. The first-order valence-electron chi connectivity index (χ1n) is 6.35. The fourth-order valence-corrected chi connectivity index (χ4v) is 3.00. The molecule has 3 rings (SSSR count). The van der Waals surface area contributed by atoms with Crippen LogP contribution in [-0.2, 0) is 6.42 Å². The molecule has 1 heteroatoms. The minimum Gasteiger partial charge on any atom is -0.371 e. The van der Waals surface area contributed by atoms with Gasteiger partial charge >= 0.3 is 0 Å². The SMILES string of the molecule is C=C1C2CCC2N1CCCc1ccccc1. The Morgan fingerprint density at radius 3 is 2.62 bits per heavy atom. The highest BCUT2D eigenvalue weighted by Crippen LogP contribution is 2.48. The Hall–Kier alpha value is -1.24. The molecular formula is C15H19N. The van der Waals surface area contributed by atoms with Gasteiger partial charge in [-0.25, -0.2) is 0 Å². The van der Waals surface area contributed by atoms with Gasteiger partial charge in [-0.15, -0.1) is 0 Å². The average molecular weight is 213 g/mol. The van der Waals surface area contributed by atoms with Gasteiger partial charge in [0.1, 0.15) is 0 Å². The van der Waals surface area contributed by atoms with Crippen LogP contribution in [0.3, 0.4) is 0 Å². The molecule has 2 atom stereocenters. The van der Waals surface area contributed by atoms with E-state index in [0.717, 1.165) is 12.0 Å². The lowest BCUT2D eigenvalue weighted by Gasteiger charge is -2.58. The van der Waals surface area contributed by atoms with Crippen LogP contribution in [0, 0.1) is 5.92 Å². The van der Waals surface area contributed by atoms with Gasteiger partial charge in [0.25, 0.3) is 0 Å². The minimum absolute atomic E-state index is 0.858. The summed E-state index contributed by atoms with van der Waals surface area (Å²) in [5.74, 6) is 0.858. The predicted octanol–water partition coefficient (Wildman–Crippen LogP) is 3.23. The normalized spacial score (nSPS) is 27.0. The van der Waals surface area contributed by atoms with Crippen LogP contribution < -0.4 is 0 Å². The minimum atomic E-state index is 0.858. The quantitative estimate of drug-likeness (QED) is 0.742. The lowest BCUT2D eigenvalue weighted by molar-refractivity contribution is 0.00135. The van der Waals surface area contributed by atoms with E-state index in [4.69, 9.17) is 0 Å². The van der Waals surface area contributed by atoms with Crippen molar-refractivity contribution < 1.29 is 0 Å². The monoisotopic (exact) mass is 213 g/mol. The van der Waals surface area contributed by atoms with E-state index in [1.165, 1.54) is 43.5 Å². The smallest absolute Gasteiger partial charge is 0.0369 e. The molecule has 16 heavy (non-hydrogen) atoms. The van der Waals surface area contributed by atoms with Gasteiger partial charge in [0.2, 0.25) is 0 Å². The van der Waals surface area contributed by atoms with Gasteiger partial charge in [0, 0.05) is 24.2 Å². The summed E-state index contributed by atoms with van der Waals surface area (Å²) >= 11 is 0. The first-order chi connectivity index (χ1) is 7.86. The highest BCUT2D eigenvalue weighted by Gasteiger charge is 2.47. The van der Waals surface area contributed by atoms with E-state index in [0.29, 0.717) is 0 Å². The van der Waals surface area contributed by atoms with Crippen molar-refractivity contribution >= 4 is 0 Å². The predicted molar refractivity (Wildman–Crippen MR) is 67.1 cm³/mol. The van der Waals surface area contributed by atoms with Crippen molar-refractivity contribution in [3.8, 4) is 0 Å². The Kier molecular flexibility index (Phi) is 2.47. The van der Waals surface area contributed by atoms with E-state index >= 15 is 0 Å². The zero-order valence-corrected chi connectivity index (χ0v) is 9.73. The van der Waals surface area contributed by atoms with E-state index in [-0.39, 0.29) is 0 Å². The van der Waals surface area contributed by atoms with Gasteiger partial charge in [-0.3, -0.25) is 0 Å². The van der Waals surface area contributed by atoms with Crippen LogP contribution in [0.5, 0.6) is 0 Å². The summed E-state index contributed by atoms with van der Waals surface area (Å²) in [5, 5.41) is 0. The summed E-state index contributed by atoms with van der Waals surface area (Å²) in [4.78, 5) is 2.52. The molecule has 84 valence electrons. The third-order valence-corrected chi connectivity index (χ3v) is 4.14. The van der Waals surface area contributed by atoms with E-state index in [1.807, 2.05) is 0 Å². The van der Waals surface area contributed by atoms with Crippen molar-refractivity contribution in [1.82, 2.24) is 4.90 Å². The second kappa shape index (κ2) is 3.97. The Bertz CT molecular complexity index is 382. The summed E-state index contributed by atoms with van der Waals surface area (Å²) in [6.07, 6.45) is 5.24. The molecule has 0 amide bonds. The molecule has 0 aromatic heterocycles. The van der Waals surface area contributed by atoms with Gasteiger partial charge in [-0.05, 0) is 31.2 Å². The third-order valence-electron chi connectivity index (χ3n) is 4.14. The van der Waals surface area contributed by atoms with Crippen LogP contribution in [0.1, 0.15) is 24.8 Å². The summed E-state index contributed by atoms with van der Waals surface area (Å²) < 4.78 is 0. The first kappa shape index (κ1) is 9.95. The molecule has 1 aromatic carbocycles. The Labute approximate surface area is 97.8 Å². The van der Waals surface area contributed by atoms with Crippen LogP contribution >= 0.6 is 0 Å². The molecule has 1 heterocycles.